The van der Waals surface area contributed by atoms with Crippen molar-refractivity contribution in [3.05, 3.63) is 101 Å². The number of fused-ring (bicyclic) bond motifs is 3. The van der Waals surface area contributed by atoms with Crippen molar-refractivity contribution in [3.8, 4) is 5.69 Å². The van der Waals surface area contributed by atoms with Crippen LogP contribution in [0.3, 0.4) is 0 Å². The molecule has 0 saturated carbocycles. The van der Waals surface area contributed by atoms with Crippen molar-refractivity contribution in [2.75, 3.05) is 5.75 Å². The molecule has 5 rings (SSSR count). The van der Waals surface area contributed by atoms with E-state index in [1.165, 1.54) is 11.8 Å². The van der Waals surface area contributed by atoms with Gasteiger partial charge in [0.2, 0.25) is 0 Å². The average molecular weight is 411 g/mol. The highest BCUT2D eigenvalue weighted by Gasteiger charge is 2.18. The molecule has 0 radical (unpaired) electrons. The standard InChI is InChI=1S/C24H17N3O2S/c28-20(16-9-3-1-4-10-16)15-30-24-26-21-18-13-7-8-14-19(18)25-22(21)23(29)27(24)17-11-5-2-6-12-17/h1-14,25H,15H2. The minimum Gasteiger partial charge on any atom is -0.349 e. The molecule has 0 fully saturated rings. The predicted octanol–water partition coefficient (Wildman–Crippen LogP) is 4.84. The average Bonchev–Trinajstić information content (AvgIpc) is 3.18. The summed E-state index contributed by atoms with van der Waals surface area (Å²) in [6, 6.07) is 26.2. The number of aromatic nitrogens is 3. The summed E-state index contributed by atoms with van der Waals surface area (Å²) in [7, 11) is 0. The van der Waals surface area contributed by atoms with Crippen LogP contribution in [0.1, 0.15) is 10.4 Å². The summed E-state index contributed by atoms with van der Waals surface area (Å²) in [5.41, 5.74) is 3.12. The van der Waals surface area contributed by atoms with E-state index in [0.717, 1.165) is 10.9 Å². The van der Waals surface area contributed by atoms with Crippen molar-refractivity contribution in [3.63, 3.8) is 0 Å². The minimum absolute atomic E-state index is 0.00603. The lowest BCUT2D eigenvalue weighted by molar-refractivity contribution is 0.102. The van der Waals surface area contributed by atoms with Crippen LogP contribution in [0.2, 0.25) is 0 Å². The van der Waals surface area contributed by atoms with Gasteiger partial charge in [-0.2, -0.15) is 0 Å². The Bertz CT molecular complexity index is 1420. The maximum Gasteiger partial charge on any atom is 0.283 e. The van der Waals surface area contributed by atoms with Gasteiger partial charge in [0.05, 0.1) is 11.4 Å². The highest BCUT2D eigenvalue weighted by molar-refractivity contribution is 7.99. The van der Waals surface area contributed by atoms with Gasteiger partial charge in [0.15, 0.2) is 10.9 Å². The first-order chi connectivity index (χ1) is 14.7. The lowest BCUT2D eigenvalue weighted by atomic mass is 10.2. The molecule has 2 heterocycles. The zero-order valence-corrected chi connectivity index (χ0v) is 16.7. The van der Waals surface area contributed by atoms with Crippen LogP contribution >= 0.6 is 11.8 Å². The van der Waals surface area contributed by atoms with Gasteiger partial charge in [0.1, 0.15) is 11.0 Å². The van der Waals surface area contributed by atoms with Gasteiger partial charge in [-0.15, -0.1) is 0 Å². The third-order valence-corrected chi connectivity index (χ3v) is 5.88. The van der Waals surface area contributed by atoms with E-state index in [1.807, 2.05) is 72.8 Å². The van der Waals surface area contributed by atoms with Crippen LogP contribution in [0, 0.1) is 0 Å². The highest BCUT2D eigenvalue weighted by atomic mass is 32.2. The third kappa shape index (κ3) is 3.21. The van der Waals surface area contributed by atoms with Gasteiger partial charge in [-0.1, -0.05) is 78.5 Å². The molecule has 0 spiro atoms. The smallest absolute Gasteiger partial charge is 0.283 e. The molecule has 0 aliphatic heterocycles. The number of ketones is 1. The number of nitrogens with zero attached hydrogens (tertiary/aromatic N) is 2. The molecule has 5 aromatic rings. The second kappa shape index (κ2) is 7.65. The number of hydrogen-bond donors (Lipinski definition) is 1. The number of carbonyl (C=O) groups is 1. The topological polar surface area (TPSA) is 67.8 Å². The molecule has 0 aliphatic carbocycles. The number of H-pyrrole nitrogens is 1. The van der Waals surface area contributed by atoms with E-state index < -0.39 is 0 Å². The summed E-state index contributed by atoms with van der Waals surface area (Å²) in [6.07, 6.45) is 0. The number of benzene rings is 3. The Hall–Kier alpha value is -3.64. The molecule has 5 nitrogen and oxygen atoms in total. The van der Waals surface area contributed by atoms with Crippen LogP contribution in [0.5, 0.6) is 0 Å². The summed E-state index contributed by atoms with van der Waals surface area (Å²) in [4.78, 5) is 34.1. The normalized spacial score (nSPS) is 11.2. The summed E-state index contributed by atoms with van der Waals surface area (Å²) in [5, 5.41) is 1.38. The summed E-state index contributed by atoms with van der Waals surface area (Å²) in [6.45, 7) is 0. The molecule has 3 aromatic carbocycles. The van der Waals surface area contributed by atoms with Crippen LogP contribution in [0.4, 0.5) is 0 Å². The molecule has 0 unspecified atom stereocenters. The van der Waals surface area contributed by atoms with Crippen molar-refractivity contribution < 1.29 is 4.79 Å². The Morgan fingerprint density at radius 3 is 2.33 bits per heavy atom. The quantitative estimate of drug-likeness (QED) is 0.255. The van der Waals surface area contributed by atoms with Gasteiger partial charge >= 0.3 is 0 Å². The van der Waals surface area contributed by atoms with E-state index in [9.17, 15) is 9.59 Å². The Balaban J connectivity index is 1.65. The van der Waals surface area contributed by atoms with E-state index in [-0.39, 0.29) is 17.1 Å². The maximum absolute atomic E-state index is 13.4. The lowest BCUT2D eigenvalue weighted by Gasteiger charge is -2.12. The van der Waals surface area contributed by atoms with E-state index in [1.54, 1.807) is 16.7 Å². The molecular weight excluding hydrogens is 394 g/mol. The summed E-state index contributed by atoms with van der Waals surface area (Å²) >= 11 is 1.27. The lowest BCUT2D eigenvalue weighted by Crippen LogP contribution is -2.22. The fourth-order valence-corrected chi connectivity index (χ4v) is 4.38. The second-order valence-electron chi connectivity index (χ2n) is 6.84. The molecule has 1 N–H and O–H groups in total. The number of carbonyl (C=O) groups excluding carboxylic acids is 1. The monoisotopic (exact) mass is 411 g/mol. The number of rotatable bonds is 5. The van der Waals surface area contributed by atoms with Gasteiger partial charge < -0.3 is 4.98 Å². The molecule has 0 aliphatic rings. The molecule has 2 aromatic heterocycles. The molecule has 0 bridgehead atoms. The van der Waals surface area contributed by atoms with Crippen molar-refractivity contribution in [1.29, 1.82) is 0 Å². The first-order valence-corrected chi connectivity index (χ1v) is 10.5. The SMILES string of the molecule is O=C(CSc1nc2c([nH]c3ccccc32)c(=O)n1-c1ccccc1)c1ccccc1. The molecule has 0 atom stereocenters. The Kier molecular flexibility index (Phi) is 4.69. The number of thioether (sulfide) groups is 1. The predicted molar refractivity (Wildman–Crippen MR) is 121 cm³/mol. The van der Waals surface area contributed by atoms with Crippen LogP contribution in [-0.2, 0) is 0 Å². The van der Waals surface area contributed by atoms with E-state index in [4.69, 9.17) is 4.98 Å². The van der Waals surface area contributed by atoms with Crippen molar-refractivity contribution in [2.45, 2.75) is 5.16 Å². The fourth-order valence-electron chi connectivity index (χ4n) is 3.48. The number of Topliss-reactive ketones (excluding diaryl/α,β-unsaturated/α-hetero) is 1. The van der Waals surface area contributed by atoms with Gasteiger partial charge in [0, 0.05) is 16.5 Å². The first kappa shape index (κ1) is 18.4. The first-order valence-electron chi connectivity index (χ1n) is 9.52. The van der Waals surface area contributed by atoms with Crippen molar-refractivity contribution in [2.24, 2.45) is 0 Å². The Labute approximate surface area is 176 Å². The maximum atomic E-state index is 13.4. The number of nitrogens with one attached hydrogen (secondary N) is 1. The van der Waals surface area contributed by atoms with Crippen molar-refractivity contribution in [1.82, 2.24) is 14.5 Å². The number of aromatic amines is 1. The van der Waals surface area contributed by atoms with Gasteiger partial charge in [-0.05, 0) is 18.2 Å². The minimum atomic E-state index is -0.183. The molecule has 0 saturated heterocycles. The Morgan fingerprint density at radius 1 is 0.900 bits per heavy atom. The zero-order chi connectivity index (χ0) is 20.5. The fraction of sp³-hybridized carbons (Fsp3) is 0.0417. The van der Waals surface area contributed by atoms with Crippen LogP contribution < -0.4 is 5.56 Å². The zero-order valence-electron chi connectivity index (χ0n) is 15.9. The number of para-hydroxylation sites is 2. The molecule has 30 heavy (non-hydrogen) atoms. The largest absolute Gasteiger partial charge is 0.349 e. The van der Waals surface area contributed by atoms with Gasteiger partial charge in [0.25, 0.3) is 5.56 Å². The molecular formula is C24H17N3O2S. The highest BCUT2D eigenvalue weighted by Crippen LogP contribution is 2.26. The van der Waals surface area contributed by atoms with E-state index in [2.05, 4.69) is 4.98 Å². The summed E-state index contributed by atoms with van der Waals surface area (Å²) < 4.78 is 1.57. The molecule has 146 valence electrons. The van der Waals surface area contributed by atoms with Crippen molar-refractivity contribution >= 4 is 39.5 Å². The van der Waals surface area contributed by atoms with Crippen LogP contribution in [-0.4, -0.2) is 26.1 Å². The van der Waals surface area contributed by atoms with Gasteiger partial charge in [-0.3, -0.25) is 14.2 Å². The summed E-state index contributed by atoms with van der Waals surface area (Å²) in [5.74, 6) is 0.186. The third-order valence-electron chi connectivity index (χ3n) is 4.94. The second-order valence-corrected chi connectivity index (χ2v) is 7.79. The van der Waals surface area contributed by atoms with E-state index >= 15 is 0 Å². The number of hydrogen-bond acceptors (Lipinski definition) is 4. The van der Waals surface area contributed by atoms with Gasteiger partial charge in [-0.25, -0.2) is 4.98 Å². The molecule has 6 heteroatoms. The Morgan fingerprint density at radius 2 is 1.57 bits per heavy atom. The van der Waals surface area contributed by atoms with E-state index in [0.29, 0.717) is 27.4 Å². The van der Waals surface area contributed by atoms with Crippen LogP contribution in [0.15, 0.2) is 94.9 Å². The van der Waals surface area contributed by atoms with Crippen LogP contribution in [0.25, 0.3) is 27.6 Å². The molecule has 0 amide bonds.